The van der Waals surface area contributed by atoms with Crippen molar-refractivity contribution in [3.8, 4) is 11.8 Å². The van der Waals surface area contributed by atoms with Crippen LogP contribution in [0.1, 0.15) is 28.9 Å². The van der Waals surface area contributed by atoms with Crippen LogP contribution in [-0.4, -0.2) is 35.7 Å². The van der Waals surface area contributed by atoms with Gasteiger partial charge in [-0.15, -0.1) is 0 Å². The first-order valence-corrected chi connectivity index (χ1v) is 6.14. The van der Waals surface area contributed by atoms with Gasteiger partial charge in [0.15, 0.2) is 0 Å². The van der Waals surface area contributed by atoms with Crippen molar-refractivity contribution in [1.29, 1.82) is 5.26 Å². The Morgan fingerprint density at radius 2 is 2.32 bits per heavy atom. The SMILES string of the molecule is COc1ccc(Cl)c2c1C(=O)N(CC(C)O)C2C#N. The highest BCUT2D eigenvalue weighted by atomic mass is 35.5. The lowest BCUT2D eigenvalue weighted by Crippen LogP contribution is -2.33. The predicted molar refractivity (Wildman–Crippen MR) is 69.1 cm³/mol. The third-order valence-electron chi connectivity index (χ3n) is 3.02. The van der Waals surface area contributed by atoms with Crippen LogP contribution in [0.3, 0.4) is 0 Å². The van der Waals surface area contributed by atoms with Gasteiger partial charge in [-0.25, -0.2) is 0 Å². The highest BCUT2D eigenvalue weighted by Crippen LogP contribution is 2.42. The number of β-amino-alcohol motifs (C(OH)–C–C–N with tert-alkyl or cyclic N) is 1. The van der Waals surface area contributed by atoms with Crippen molar-refractivity contribution in [2.24, 2.45) is 0 Å². The standard InChI is InChI=1S/C13H13ClN2O3/c1-7(17)6-16-9(5-15)11-8(14)3-4-10(19-2)12(11)13(16)18/h3-4,7,9,17H,6H2,1-2H3. The molecule has 1 aliphatic rings. The molecule has 1 aliphatic heterocycles. The largest absolute Gasteiger partial charge is 0.496 e. The lowest BCUT2D eigenvalue weighted by atomic mass is 10.0. The van der Waals surface area contributed by atoms with Crippen molar-refractivity contribution in [2.75, 3.05) is 13.7 Å². The molecule has 0 spiro atoms. The van der Waals surface area contributed by atoms with Crippen LogP contribution in [0.25, 0.3) is 0 Å². The molecule has 2 atom stereocenters. The van der Waals surface area contributed by atoms with Gasteiger partial charge in [0.2, 0.25) is 0 Å². The van der Waals surface area contributed by atoms with E-state index in [4.69, 9.17) is 16.3 Å². The molecule has 0 radical (unpaired) electrons. The lowest BCUT2D eigenvalue weighted by Gasteiger charge is -2.21. The topological polar surface area (TPSA) is 73.6 Å². The number of methoxy groups -OCH3 is 1. The molecule has 1 heterocycles. The summed E-state index contributed by atoms with van der Waals surface area (Å²) in [4.78, 5) is 13.7. The third-order valence-corrected chi connectivity index (χ3v) is 3.35. The Bertz CT molecular complexity index is 566. The molecule has 0 aromatic heterocycles. The minimum Gasteiger partial charge on any atom is -0.496 e. The molecular formula is C13H13ClN2O3. The molecule has 0 saturated heterocycles. The summed E-state index contributed by atoms with van der Waals surface area (Å²) in [6.07, 6.45) is -0.723. The molecular weight excluding hydrogens is 268 g/mol. The van der Waals surface area contributed by atoms with Gasteiger partial charge in [0.1, 0.15) is 11.8 Å². The Morgan fingerprint density at radius 1 is 1.63 bits per heavy atom. The zero-order chi connectivity index (χ0) is 14.2. The monoisotopic (exact) mass is 280 g/mol. The van der Waals surface area contributed by atoms with Crippen LogP contribution >= 0.6 is 11.6 Å². The summed E-state index contributed by atoms with van der Waals surface area (Å²) < 4.78 is 5.15. The van der Waals surface area contributed by atoms with Gasteiger partial charge in [0.05, 0.1) is 24.8 Å². The molecule has 5 nitrogen and oxygen atoms in total. The average molecular weight is 281 g/mol. The minimum absolute atomic E-state index is 0.0746. The average Bonchev–Trinajstić information content (AvgIpc) is 2.64. The van der Waals surface area contributed by atoms with Crippen LogP contribution in [-0.2, 0) is 0 Å². The number of ether oxygens (including phenoxy) is 1. The second-order valence-corrected chi connectivity index (χ2v) is 4.78. The molecule has 1 N–H and O–H groups in total. The third kappa shape index (κ3) is 2.14. The maximum Gasteiger partial charge on any atom is 0.259 e. The van der Waals surface area contributed by atoms with Gasteiger partial charge in [-0.1, -0.05) is 11.6 Å². The molecule has 0 saturated carbocycles. The number of nitrogens with zero attached hydrogens (tertiary/aromatic N) is 2. The van der Waals surface area contributed by atoms with E-state index in [0.717, 1.165) is 0 Å². The summed E-state index contributed by atoms with van der Waals surface area (Å²) >= 11 is 6.09. The van der Waals surface area contributed by atoms with Crippen LogP contribution in [0.2, 0.25) is 5.02 Å². The second kappa shape index (κ2) is 5.08. The number of carbonyl (C=O) groups excluding carboxylic acids is 1. The summed E-state index contributed by atoms with van der Waals surface area (Å²) in [5.74, 6) is 0.0412. The molecule has 0 bridgehead atoms. The number of carbonyl (C=O) groups is 1. The number of aliphatic hydroxyl groups excluding tert-OH is 1. The van der Waals surface area contributed by atoms with Gasteiger partial charge in [0.25, 0.3) is 5.91 Å². The Morgan fingerprint density at radius 3 is 2.84 bits per heavy atom. The summed E-state index contributed by atoms with van der Waals surface area (Å²) in [7, 11) is 1.45. The Balaban J connectivity index is 2.58. The molecule has 1 aromatic carbocycles. The van der Waals surface area contributed by atoms with Gasteiger partial charge in [-0.3, -0.25) is 4.79 Å². The number of hydrogen-bond donors (Lipinski definition) is 1. The summed E-state index contributed by atoms with van der Waals surface area (Å²) in [5, 5.41) is 19.1. The zero-order valence-corrected chi connectivity index (χ0v) is 11.3. The highest BCUT2D eigenvalue weighted by molar-refractivity contribution is 6.32. The van der Waals surface area contributed by atoms with E-state index in [-0.39, 0.29) is 12.5 Å². The molecule has 0 aliphatic carbocycles. The summed E-state index contributed by atoms with van der Waals surface area (Å²) in [5.41, 5.74) is 0.761. The molecule has 100 valence electrons. The Labute approximate surface area is 116 Å². The fourth-order valence-corrected chi connectivity index (χ4v) is 2.52. The minimum atomic E-state index is -0.792. The van der Waals surface area contributed by atoms with Crippen LogP contribution in [0.5, 0.6) is 5.75 Å². The number of nitriles is 1. The first-order valence-electron chi connectivity index (χ1n) is 5.76. The van der Waals surface area contributed by atoms with Gasteiger partial charge in [-0.05, 0) is 19.1 Å². The van der Waals surface area contributed by atoms with E-state index in [1.165, 1.54) is 12.0 Å². The number of amides is 1. The maximum atomic E-state index is 12.4. The molecule has 19 heavy (non-hydrogen) atoms. The first kappa shape index (κ1) is 13.7. The van der Waals surface area contributed by atoms with E-state index in [1.807, 2.05) is 0 Å². The van der Waals surface area contributed by atoms with Gasteiger partial charge >= 0.3 is 0 Å². The van der Waals surface area contributed by atoms with Crippen molar-refractivity contribution >= 4 is 17.5 Å². The lowest BCUT2D eigenvalue weighted by molar-refractivity contribution is 0.0639. The normalized spacial score (nSPS) is 19.0. The smallest absolute Gasteiger partial charge is 0.259 e. The van der Waals surface area contributed by atoms with Crippen LogP contribution in [0.4, 0.5) is 0 Å². The van der Waals surface area contributed by atoms with E-state index >= 15 is 0 Å². The van der Waals surface area contributed by atoms with Crippen LogP contribution in [0.15, 0.2) is 12.1 Å². The number of benzene rings is 1. The van der Waals surface area contributed by atoms with Crippen molar-refractivity contribution in [3.63, 3.8) is 0 Å². The number of hydrogen-bond acceptors (Lipinski definition) is 4. The molecule has 6 heteroatoms. The van der Waals surface area contributed by atoms with E-state index in [1.54, 1.807) is 19.1 Å². The number of rotatable bonds is 3. The fraction of sp³-hybridized carbons (Fsp3) is 0.385. The molecule has 1 aromatic rings. The first-order chi connectivity index (χ1) is 9.01. The van der Waals surface area contributed by atoms with E-state index in [9.17, 15) is 15.2 Å². The van der Waals surface area contributed by atoms with Gasteiger partial charge in [0, 0.05) is 17.1 Å². The van der Waals surface area contributed by atoms with Gasteiger partial charge in [-0.2, -0.15) is 5.26 Å². The molecule has 2 rings (SSSR count). The highest BCUT2D eigenvalue weighted by Gasteiger charge is 2.41. The maximum absolute atomic E-state index is 12.4. The van der Waals surface area contributed by atoms with E-state index in [0.29, 0.717) is 21.9 Å². The predicted octanol–water partition coefficient (Wildman–Crippen LogP) is 1.75. The fourth-order valence-electron chi connectivity index (χ4n) is 2.26. The number of fused-ring (bicyclic) bond motifs is 1. The molecule has 1 amide bonds. The van der Waals surface area contributed by atoms with E-state index < -0.39 is 12.1 Å². The Kier molecular flexibility index (Phi) is 3.65. The quantitative estimate of drug-likeness (QED) is 0.915. The van der Waals surface area contributed by atoms with Crippen molar-refractivity contribution < 1.29 is 14.6 Å². The summed E-state index contributed by atoms with van der Waals surface area (Å²) in [6, 6.07) is 4.46. The van der Waals surface area contributed by atoms with Crippen molar-refractivity contribution in [1.82, 2.24) is 4.90 Å². The molecule has 2 unspecified atom stereocenters. The van der Waals surface area contributed by atoms with Gasteiger partial charge < -0.3 is 14.7 Å². The van der Waals surface area contributed by atoms with Crippen molar-refractivity contribution in [2.45, 2.75) is 19.1 Å². The number of halogens is 1. The number of aliphatic hydroxyl groups is 1. The zero-order valence-electron chi connectivity index (χ0n) is 10.6. The molecule has 0 fully saturated rings. The van der Waals surface area contributed by atoms with Crippen molar-refractivity contribution in [3.05, 3.63) is 28.3 Å². The van der Waals surface area contributed by atoms with E-state index in [2.05, 4.69) is 6.07 Å². The second-order valence-electron chi connectivity index (χ2n) is 4.38. The van der Waals surface area contributed by atoms with Crippen LogP contribution in [0, 0.1) is 11.3 Å². The Hall–Kier alpha value is -1.77. The van der Waals surface area contributed by atoms with Crippen LogP contribution < -0.4 is 4.74 Å². The summed E-state index contributed by atoms with van der Waals surface area (Å²) in [6.45, 7) is 1.63.